The van der Waals surface area contributed by atoms with Gasteiger partial charge >= 0.3 is 0 Å². The maximum atomic E-state index is 10.6. The first-order valence-electron chi connectivity index (χ1n) is 10.7. The molecule has 0 spiro atoms. The summed E-state index contributed by atoms with van der Waals surface area (Å²) >= 11 is 0. The third kappa shape index (κ3) is 5.37. The first-order chi connectivity index (χ1) is 15.0. The number of phenolic OH excluding ortho intramolecular Hbond substituents is 1. The van der Waals surface area contributed by atoms with Crippen molar-refractivity contribution in [2.45, 2.75) is 57.7 Å². The Bertz CT molecular complexity index is 1010. The number of phenols is 1. The summed E-state index contributed by atoms with van der Waals surface area (Å²) in [6.45, 7) is 12.4. The van der Waals surface area contributed by atoms with Gasteiger partial charge in [-0.25, -0.2) is 4.98 Å². The van der Waals surface area contributed by atoms with E-state index in [1.54, 1.807) is 37.8 Å². The fraction of sp³-hybridized carbons (Fsp3) is 0.458. The Hall–Kier alpha value is -3.13. The van der Waals surface area contributed by atoms with E-state index in [0.29, 0.717) is 23.2 Å². The summed E-state index contributed by atoms with van der Waals surface area (Å²) in [5.74, 6) is 0.658. The van der Waals surface area contributed by atoms with Gasteiger partial charge in [0.15, 0.2) is 0 Å². The molecule has 2 N–H and O–H groups in total. The zero-order valence-electron chi connectivity index (χ0n) is 19.8. The second-order valence-corrected chi connectivity index (χ2v) is 9.60. The maximum Gasteiger partial charge on any atom is 0.245 e. The normalized spacial score (nSPS) is 18.6. The molecule has 0 aliphatic carbocycles. The van der Waals surface area contributed by atoms with Gasteiger partial charge in [-0.1, -0.05) is 6.07 Å². The number of nitrogens with zero attached hydrogens (tertiary/aromatic N) is 6. The summed E-state index contributed by atoms with van der Waals surface area (Å²) in [7, 11) is 3.69. The summed E-state index contributed by atoms with van der Waals surface area (Å²) in [5, 5.41) is 23.0. The molecule has 0 saturated carbocycles. The van der Waals surface area contributed by atoms with Gasteiger partial charge < -0.3 is 15.3 Å². The van der Waals surface area contributed by atoms with Crippen LogP contribution in [0, 0.1) is 0 Å². The van der Waals surface area contributed by atoms with Gasteiger partial charge in [-0.2, -0.15) is 0 Å². The van der Waals surface area contributed by atoms with Crippen molar-refractivity contribution in [3.63, 3.8) is 0 Å². The number of nitrogens with one attached hydrogen (secondary N) is 1. The smallest absolute Gasteiger partial charge is 0.245 e. The van der Waals surface area contributed by atoms with Crippen molar-refractivity contribution in [1.29, 1.82) is 0 Å². The van der Waals surface area contributed by atoms with E-state index in [1.165, 1.54) is 0 Å². The summed E-state index contributed by atoms with van der Waals surface area (Å²) in [6, 6.07) is 5.60. The van der Waals surface area contributed by atoms with Crippen molar-refractivity contribution in [3.8, 4) is 17.0 Å². The first kappa shape index (κ1) is 23.5. The highest BCUT2D eigenvalue weighted by Crippen LogP contribution is 2.33. The number of aromatic hydroxyl groups is 1. The third-order valence-electron chi connectivity index (χ3n) is 5.69. The minimum Gasteiger partial charge on any atom is -0.507 e. The van der Waals surface area contributed by atoms with E-state index >= 15 is 0 Å². The van der Waals surface area contributed by atoms with Crippen molar-refractivity contribution in [2.75, 3.05) is 19.0 Å². The molecule has 2 heterocycles. The van der Waals surface area contributed by atoms with E-state index in [9.17, 15) is 5.11 Å². The van der Waals surface area contributed by atoms with E-state index in [0.717, 1.165) is 24.0 Å². The van der Waals surface area contributed by atoms with Crippen LogP contribution in [0.5, 0.6) is 5.75 Å². The number of hydrogen-bond acceptors (Lipinski definition) is 8. The highest BCUT2D eigenvalue weighted by atomic mass is 16.3. The van der Waals surface area contributed by atoms with Crippen LogP contribution in [0.4, 0.5) is 5.95 Å². The lowest BCUT2D eigenvalue weighted by Gasteiger charge is -2.48. The highest BCUT2D eigenvalue weighted by Gasteiger charge is 2.39. The lowest BCUT2D eigenvalue weighted by molar-refractivity contribution is 0.160. The monoisotopic (exact) mass is 435 g/mol. The fourth-order valence-electron chi connectivity index (χ4n) is 4.61. The topological polar surface area (TPSA) is 98.9 Å². The molecular weight excluding hydrogens is 402 g/mol. The van der Waals surface area contributed by atoms with Gasteiger partial charge in [-0.15, -0.1) is 10.2 Å². The first-order valence-corrected chi connectivity index (χ1v) is 10.7. The van der Waals surface area contributed by atoms with Crippen LogP contribution in [-0.2, 0) is 0 Å². The summed E-state index contributed by atoms with van der Waals surface area (Å²) in [6.07, 6.45) is 6.88. The van der Waals surface area contributed by atoms with Crippen molar-refractivity contribution >= 4 is 24.5 Å². The molecular formula is C24H33N7O. The van der Waals surface area contributed by atoms with Crippen molar-refractivity contribution < 1.29 is 5.11 Å². The van der Waals surface area contributed by atoms with Gasteiger partial charge in [0.25, 0.3) is 0 Å². The molecule has 1 saturated heterocycles. The minimum absolute atomic E-state index is 0.0263. The molecule has 0 amide bonds. The van der Waals surface area contributed by atoms with Crippen LogP contribution in [0.1, 0.15) is 46.1 Å². The highest BCUT2D eigenvalue weighted by molar-refractivity contribution is 6.10. The average Bonchev–Trinajstić information content (AvgIpc) is 2.71. The number of benzene rings is 1. The average molecular weight is 436 g/mol. The van der Waals surface area contributed by atoms with E-state index in [-0.39, 0.29) is 16.8 Å². The van der Waals surface area contributed by atoms with Gasteiger partial charge in [-0.3, -0.25) is 9.98 Å². The molecule has 2 aromatic rings. The van der Waals surface area contributed by atoms with E-state index in [1.807, 2.05) is 13.1 Å². The zero-order chi connectivity index (χ0) is 23.5. The zero-order valence-corrected chi connectivity index (χ0v) is 19.8. The molecule has 8 nitrogen and oxygen atoms in total. The Morgan fingerprint density at radius 1 is 1.22 bits per heavy atom. The Kier molecular flexibility index (Phi) is 6.74. The number of rotatable bonds is 6. The lowest BCUT2D eigenvalue weighted by atomic mass is 9.79. The predicted octanol–water partition coefficient (Wildman–Crippen LogP) is 3.73. The Morgan fingerprint density at radius 2 is 1.91 bits per heavy atom. The van der Waals surface area contributed by atoms with Gasteiger partial charge in [0, 0.05) is 54.8 Å². The molecule has 32 heavy (non-hydrogen) atoms. The predicted molar refractivity (Wildman–Crippen MR) is 132 cm³/mol. The number of hydrogen-bond donors (Lipinski definition) is 2. The van der Waals surface area contributed by atoms with Crippen LogP contribution in [0.25, 0.3) is 16.8 Å². The molecule has 1 aromatic heterocycles. The number of allylic oxidation sites excluding steroid dienone is 1. The molecule has 1 aliphatic heterocycles. The Balaban J connectivity index is 1.82. The number of piperidine rings is 1. The molecule has 1 fully saturated rings. The van der Waals surface area contributed by atoms with Crippen LogP contribution in [0.3, 0.4) is 0 Å². The number of aromatic nitrogens is 3. The maximum absolute atomic E-state index is 10.6. The molecule has 8 heteroatoms. The van der Waals surface area contributed by atoms with Gasteiger partial charge in [0.1, 0.15) is 11.4 Å². The summed E-state index contributed by atoms with van der Waals surface area (Å²) < 4.78 is 0. The molecule has 1 aromatic carbocycles. The second-order valence-electron chi connectivity index (χ2n) is 9.60. The molecule has 0 bridgehead atoms. The second kappa shape index (κ2) is 9.16. The number of anilines is 1. The molecule has 3 rings (SSSR count). The number of aliphatic imine (C=N–C) groups is 2. The molecule has 0 unspecified atom stereocenters. The van der Waals surface area contributed by atoms with Crippen molar-refractivity contribution in [3.05, 3.63) is 36.2 Å². The molecule has 170 valence electrons. The minimum atomic E-state index is 0.0263. The lowest BCUT2D eigenvalue weighted by Crippen LogP contribution is -2.62. The molecule has 0 atom stereocenters. The SMILES string of the molecule is C=N/C=C(\C=NC)c1ccc(-c2cnc(N(C)C3CC(C)(C)NC(C)(C)C3)nn2)c(O)c1. The van der Waals surface area contributed by atoms with Crippen molar-refractivity contribution in [1.82, 2.24) is 20.5 Å². The fourth-order valence-corrected chi connectivity index (χ4v) is 4.61. The third-order valence-corrected chi connectivity index (χ3v) is 5.69. The van der Waals surface area contributed by atoms with Crippen LogP contribution in [0.2, 0.25) is 0 Å². The quantitative estimate of drug-likeness (QED) is 0.671. The van der Waals surface area contributed by atoms with Crippen LogP contribution < -0.4 is 10.2 Å². The van der Waals surface area contributed by atoms with Gasteiger partial charge in [0.05, 0.1) is 6.20 Å². The van der Waals surface area contributed by atoms with Crippen molar-refractivity contribution in [2.24, 2.45) is 9.98 Å². The van der Waals surface area contributed by atoms with Crippen LogP contribution >= 0.6 is 0 Å². The van der Waals surface area contributed by atoms with Crippen LogP contribution in [-0.4, -0.2) is 64.4 Å². The van der Waals surface area contributed by atoms with E-state index in [4.69, 9.17) is 0 Å². The standard InChI is InChI=1S/C24H33N7O/c1-23(2)11-18(12-24(3,4)30-23)31(7)22-27-15-20(28-29-22)19-9-8-16(10-21(19)32)17(13-25-5)14-26-6/h8-10,13-15,18,30,32H,5,11-12H2,1-4,6-7H3/b17-13+,26-14?. The largest absolute Gasteiger partial charge is 0.507 e. The van der Waals surface area contributed by atoms with E-state index in [2.05, 4.69) is 69.8 Å². The van der Waals surface area contributed by atoms with Gasteiger partial charge in [0.2, 0.25) is 5.95 Å². The molecule has 1 aliphatic rings. The van der Waals surface area contributed by atoms with E-state index < -0.39 is 0 Å². The van der Waals surface area contributed by atoms with Gasteiger partial charge in [-0.05, 0) is 65.0 Å². The van der Waals surface area contributed by atoms with Crippen LogP contribution in [0.15, 0.2) is 40.6 Å². The Labute approximate surface area is 190 Å². The Morgan fingerprint density at radius 3 is 2.44 bits per heavy atom. The summed E-state index contributed by atoms with van der Waals surface area (Å²) in [4.78, 5) is 14.5. The summed E-state index contributed by atoms with van der Waals surface area (Å²) in [5.41, 5.74) is 2.65. The molecule has 0 radical (unpaired) electrons.